The number of likely N-dealkylation sites (N-methyl/N-ethyl adjacent to an activating group) is 1. The molecule has 2 heterocycles. The summed E-state index contributed by atoms with van der Waals surface area (Å²) in [5, 5.41) is 4.35. The van der Waals surface area contributed by atoms with E-state index in [0.29, 0.717) is 25.1 Å². The van der Waals surface area contributed by atoms with E-state index >= 15 is 0 Å². The summed E-state index contributed by atoms with van der Waals surface area (Å²) in [6.45, 7) is 3.28. The SMILES string of the molecule is CCOC(=O)c1cc(OCC(=O)N2CCCC2C(=O)N(F)CC)n(-c2ccccc2)n1. The van der Waals surface area contributed by atoms with Crippen LogP contribution in [0.3, 0.4) is 0 Å². The maximum absolute atomic E-state index is 13.7. The number of carbonyl (C=O) groups excluding carboxylic acids is 3. The van der Waals surface area contributed by atoms with Crippen LogP contribution >= 0.6 is 0 Å². The van der Waals surface area contributed by atoms with Crippen molar-refractivity contribution in [2.45, 2.75) is 32.7 Å². The van der Waals surface area contributed by atoms with Crippen molar-refractivity contribution in [1.82, 2.24) is 19.8 Å². The molecule has 1 unspecified atom stereocenters. The van der Waals surface area contributed by atoms with Crippen LogP contribution in [0.25, 0.3) is 5.69 Å². The summed E-state index contributed by atoms with van der Waals surface area (Å²) in [6, 6.07) is 9.53. The smallest absolute Gasteiger partial charge is 0.358 e. The minimum absolute atomic E-state index is 0.0402. The number of ether oxygens (including phenoxy) is 2. The molecule has 0 N–H and O–H groups in total. The Hall–Kier alpha value is -3.43. The van der Waals surface area contributed by atoms with Crippen LogP contribution in [0.4, 0.5) is 4.48 Å². The third-order valence-electron chi connectivity index (χ3n) is 4.88. The Bertz CT molecular complexity index is 933. The first kappa shape index (κ1) is 22.3. The van der Waals surface area contributed by atoms with E-state index in [4.69, 9.17) is 9.47 Å². The lowest BCUT2D eigenvalue weighted by molar-refractivity contribution is -0.155. The Balaban J connectivity index is 1.76. The molecule has 1 aliphatic heterocycles. The van der Waals surface area contributed by atoms with Gasteiger partial charge in [0.05, 0.1) is 18.8 Å². The molecule has 166 valence electrons. The molecule has 10 heteroatoms. The topological polar surface area (TPSA) is 94.0 Å². The van der Waals surface area contributed by atoms with E-state index in [9.17, 15) is 18.9 Å². The number of halogens is 1. The van der Waals surface area contributed by atoms with Crippen molar-refractivity contribution < 1.29 is 28.3 Å². The summed E-state index contributed by atoms with van der Waals surface area (Å²) >= 11 is 0. The van der Waals surface area contributed by atoms with Crippen LogP contribution in [0, 0.1) is 0 Å². The number of hydrogen-bond acceptors (Lipinski definition) is 6. The van der Waals surface area contributed by atoms with E-state index in [1.807, 2.05) is 6.07 Å². The van der Waals surface area contributed by atoms with Gasteiger partial charge >= 0.3 is 5.97 Å². The van der Waals surface area contributed by atoms with Gasteiger partial charge in [-0.1, -0.05) is 22.7 Å². The third kappa shape index (κ3) is 5.01. The van der Waals surface area contributed by atoms with Crippen molar-refractivity contribution in [3.63, 3.8) is 0 Å². The van der Waals surface area contributed by atoms with Crippen LogP contribution in [0.5, 0.6) is 5.88 Å². The lowest BCUT2D eigenvalue weighted by Crippen LogP contribution is -2.46. The highest BCUT2D eigenvalue weighted by molar-refractivity contribution is 5.89. The maximum Gasteiger partial charge on any atom is 0.358 e. The second kappa shape index (κ2) is 10.1. The Morgan fingerprint density at radius 2 is 1.97 bits per heavy atom. The van der Waals surface area contributed by atoms with Gasteiger partial charge in [0.2, 0.25) is 5.88 Å². The Morgan fingerprint density at radius 1 is 1.23 bits per heavy atom. The standard InChI is InChI=1S/C21H25FN4O5/c1-3-25(22)20(28)17-11-8-12-24(17)18(27)14-31-19-13-16(21(29)30-4-2)23-26(19)15-9-6-5-7-10-15/h5-7,9-10,13,17H,3-4,8,11-12,14H2,1-2H3. The number of hydrogen-bond donors (Lipinski definition) is 0. The minimum Gasteiger partial charge on any atom is -0.467 e. The van der Waals surface area contributed by atoms with Gasteiger partial charge in [0.15, 0.2) is 12.3 Å². The summed E-state index contributed by atoms with van der Waals surface area (Å²) in [5.41, 5.74) is 0.670. The number of likely N-dealkylation sites (tertiary alicyclic amines) is 1. The van der Waals surface area contributed by atoms with E-state index in [0.717, 1.165) is 0 Å². The van der Waals surface area contributed by atoms with Crippen molar-refractivity contribution in [2.75, 3.05) is 26.3 Å². The highest BCUT2D eigenvalue weighted by atomic mass is 19.2. The van der Waals surface area contributed by atoms with Crippen LogP contribution in [0.15, 0.2) is 36.4 Å². The summed E-state index contributed by atoms with van der Waals surface area (Å²) in [6.07, 6.45) is 1.01. The first-order valence-corrected chi connectivity index (χ1v) is 10.2. The van der Waals surface area contributed by atoms with Gasteiger partial charge in [-0.3, -0.25) is 9.59 Å². The van der Waals surface area contributed by atoms with Gasteiger partial charge in [-0.2, -0.15) is 10.2 Å². The second-order valence-electron chi connectivity index (χ2n) is 6.89. The number of benzene rings is 1. The van der Waals surface area contributed by atoms with Crippen LogP contribution in [-0.2, 0) is 14.3 Å². The molecule has 0 spiro atoms. The summed E-state index contributed by atoms with van der Waals surface area (Å²) in [7, 11) is 0. The molecular formula is C21H25FN4O5. The minimum atomic E-state index is -0.838. The van der Waals surface area contributed by atoms with Crippen LogP contribution in [0.2, 0.25) is 0 Å². The largest absolute Gasteiger partial charge is 0.467 e. The molecule has 1 atom stereocenters. The Kier molecular flexibility index (Phi) is 7.22. The number of rotatable bonds is 8. The molecule has 1 fully saturated rings. The highest BCUT2D eigenvalue weighted by Gasteiger charge is 2.36. The first-order chi connectivity index (χ1) is 15.0. The molecule has 0 saturated carbocycles. The van der Waals surface area contributed by atoms with Crippen LogP contribution in [0.1, 0.15) is 37.2 Å². The van der Waals surface area contributed by atoms with Gasteiger partial charge in [0.1, 0.15) is 6.04 Å². The van der Waals surface area contributed by atoms with E-state index in [1.54, 1.807) is 31.2 Å². The third-order valence-corrected chi connectivity index (χ3v) is 4.88. The quantitative estimate of drug-likeness (QED) is 0.469. The molecular weight excluding hydrogens is 407 g/mol. The van der Waals surface area contributed by atoms with E-state index in [2.05, 4.69) is 5.10 Å². The Morgan fingerprint density at radius 3 is 2.65 bits per heavy atom. The summed E-state index contributed by atoms with van der Waals surface area (Å²) in [4.78, 5) is 38.3. The van der Waals surface area contributed by atoms with Gasteiger partial charge < -0.3 is 14.4 Å². The normalized spacial score (nSPS) is 15.6. The van der Waals surface area contributed by atoms with Crippen molar-refractivity contribution in [3.8, 4) is 11.6 Å². The zero-order valence-corrected chi connectivity index (χ0v) is 17.5. The lowest BCUT2D eigenvalue weighted by atomic mass is 10.2. The maximum atomic E-state index is 13.7. The van der Waals surface area contributed by atoms with Gasteiger partial charge in [-0.15, -0.1) is 0 Å². The Labute approximate surface area is 179 Å². The van der Waals surface area contributed by atoms with Crippen molar-refractivity contribution in [2.24, 2.45) is 0 Å². The zero-order valence-electron chi connectivity index (χ0n) is 17.5. The number of nitrogens with zero attached hydrogens (tertiary/aromatic N) is 4. The average molecular weight is 432 g/mol. The summed E-state index contributed by atoms with van der Waals surface area (Å²) < 4.78 is 25.8. The average Bonchev–Trinajstić information content (AvgIpc) is 3.45. The molecule has 9 nitrogen and oxygen atoms in total. The van der Waals surface area contributed by atoms with Crippen molar-refractivity contribution in [1.29, 1.82) is 0 Å². The number of para-hydroxylation sites is 1. The number of aromatic nitrogens is 2. The van der Waals surface area contributed by atoms with E-state index < -0.39 is 23.8 Å². The first-order valence-electron chi connectivity index (χ1n) is 10.2. The predicted octanol–water partition coefficient (Wildman–Crippen LogP) is 2.15. The lowest BCUT2D eigenvalue weighted by Gasteiger charge is -2.25. The van der Waals surface area contributed by atoms with Gasteiger partial charge in [0.25, 0.3) is 11.8 Å². The van der Waals surface area contributed by atoms with Gasteiger partial charge in [-0.25, -0.2) is 9.48 Å². The monoisotopic (exact) mass is 432 g/mol. The molecule has 0 bridgehead atoms. The fraction of sp³-hybridized carbons (Fsp3) is 0.429. The second-order valence-corrected chi connectivity index (χ2v) is 6.89. The highest BCUT2D eigenvalue weighted by Crippen LogP contribution is 2.22. The molecule has 1 aliphatic rings. The molecule has 3 rings (SSSR count). The van der Waals surface area contributed by atoms with Crippen LogP contribution < -0.4 is 4.74 Å². The van der Waals surface area contributed by atoms with Gasteiger partial charge in [0, 0.05) is 12.6 Å². The number of carbonyl (C=O) groups is 3. The molecule has 2 amide bonds. The van der Waals surface area contributed by atoms with E-state index in [-0.39, 0.29) is 36.5 Å². The zero-order chi connectivity index (χ0) is 22.4. The van der Waals surface area contributed by atoms with Crippen molar-refractivity contribution in [3.05, 3.63) is 42.1 Å². The predicted molar refractivity (Wildman–Crippen MR) is 108 cm³/mol. The molecule has 1 saturated heterocycles. The van der Waals surface area contributed by atoms with Gasteiger partial charge in [-0.05, 0) is 38.8 Å². The molecule has 2 aromatic rings. The fourth-order valence-electron chi connectivity index (χ4n) is 3.38. The van der Waals surface area contributed by atoms with E-state index in [1.165, 1.54) is 22.6 Å². The molecule has 1 aromatic carbocycles. The fourth-order valence-corrected chi connectivity index (χ4v) is 3.38. The van der Waals surface area contributed by atoms with Crippen molar-refractivity contribution >= 4 is 17.8 Å². The summed E-state index contributed by atoms with van der Waals surface area (Å²) in [5.74, 6) is -1.61. The number of amides is 2. The molecule has 31 heavy (non-hydrogen) atoms. The number of esters is 1. The molecule has 0 radical (unpaired) electrons. The molecule has 0 aliphatic carbocycles. The van der Waals surface area contributed by atoms with Crippen LogP contribution in [-0.4, -0.2) is 69.9 Å². The molecule has 1 aromatic heterocycles.